The Hall–Kier alpha value is -7.22. The van der Waals surface area contributed by atoms with Gasteiger partial charge in [-0.3, -0.25) is 14.4 Å². The van der Waals surface area contributed by atoms with E-state index in [1.54, 1.807) is 53.4 Å². The van der Waals surface area contributed by atoms with E-state index in [0.717, 1.165) is 13.1 Å². The highest BCUT2D eigenvalue weighted by atomic mass is 19.1. The number of aromatic nitrogens is 4. The van der Waals surface area contributed by atoms with Gasteiger partial charge in [0.15, 0.2) is 0 Å². The number of nitrogen functional groups attached to an aromatic ring is 2. The van der Waals surface area contributed by atoms with Crippen molar-refractivity contribution >= 4 is 57.1 Å². The lowest BCUT2D eigenvalue weighted by Crippen LogP contribution is -2.61. The van der Waals surface area contributed by atoms with Crippen molar-refractivity contribution in [2.75, 3.05) is 65.1 Å². The van der Waals surface area contributed by atoms with Crippen molar-refractivity contribution in [1.82, 2.24) is 40.8 Å². The van der Waals surface area contributed by atoms with Gasteiger partial charge in [0.05, 0.1) is 34.6 Å². The summed E-state index contributed by atoms with van der Waals surface area (Å²) < 4.78 is 36.0. The lowest BCUT2D eigenvalue weighted by molar-refractivity contribution is -0.141. The third kappa shape index (κ3) is 10.7. The molecule has 0 saturated carbocycles. The average molecular weight is 837 g/mol. The van der Waals surface area contributed by atoms with Crippen molar-refractivity contribution in [2.24, 2.45) is 0 Å². The number of rotatable bonds is 10. The Labute approximate surface area is 347 Å². The molecule has 2 fully saturated rings. The molecule has 2 saturated heterocycles. The van der Waals surface area contributed by atoms with Gasteiger partial charge in [-0.2, -0.15) is 0 Å². The molecule has 0 aliphatic carbocycles. The van der Waals surface area contributed by atoms with E-state index in [0.29, 0.717) is 68.5 Å². The second-order valence-corrected chi connectivity index (χ2v) is 13.9. The minimum atomic E-state index is -0.933. The third-order valence-electron chi connectivity index (χ3n) is 9.47. The van der Waals surface area contributed by atoms with Gasteiger partial charge in [-0.25, -0.2) is 33.5 Å². The van der Waals surface area contributed by atoms with Crippen molar-refractivity contribution < 1.29 is 42.5 Å². The number of anilines is 2. The largest absolute Gasteiger partial charge is 0.480 e. The summed E-state index contributed by atoms with van der Waals surface area (Å²) in [7, 11) is 2.80. The number of carboxylic acid groups (broad SMARTS) is 1. The van der Waals surface area contributed by atoms with Crippen LogP contribution in [0.3, 0.4) is 0 Å². The van der Waals surface area contributed by atoms with Crippen LogP contribution in [0.25, 0.3) is 44.3 Å². The standard InChI is InChI=1S/C21H20FN5O3.C18H16FN5O.C3H6O3/c1-30-11-18(28)27-9-14(10-27)25-21(29)16-8-24-20(23)19-15(16)5-6-17(26-19)12-3-2-4-13(22)7-12;19-11-3-1-2-10(6-11)15-5-4-13-14(9-22-17(20)16(13)24-15)18(25)23-12-7-21-8-12;1-6-2-3(4)5/h2-8,14H,9-11H2,1H3,(H2,23,24)(H,25,29);1-6,9,12,21H,7-8H2,(H2,20,22)(H,23,25);2H2,1H3,(H,4,5). The fraction of sp³-hybridized carbons (Fsp3) is 0.238. The number of pyridine rings is 4. The number of fused-ring (bicyclic) bond motifs is 2. The van der Waals surface area contributed by atoms with E-state index in [2.05, 4.69) is 40.6 Å². The molecule has 61 heavy (non-hydrogen) atoms. The maximum Gasteiger partial charge on any atom is 0.329 e. The SMILES string of the molecule is COCC(=O)N1CC(NC(=O)c2cnc(N)c3nc(-c4cccc(F)c4)ccc23)C1.COCC(=O)O.Nc1ncc(C(=O)NC2CNC2)c2ccc(-c3cccc(F)c3)nc12. The van der Waals surface area contributed by atoms with Gasteiger partial charge in [0.25, 0.3) is 11.8 Å². The summed E-state index contributed by atoms with van der Waals surface area (Å²) in [6.45, 7) is 2.18. The molecule has 0 spiro atoms. The molecule has 2 aromatic carbocycles. The summed E-state index contributed by atoms with van der Waals surface area (Å²) in [5.74, 6) is -1.87. The normalized spacial score (nSPS) is 13.5. The summed E-state index contributed by atoms with van der Waals surface area (Å²) >= 11 is 0. The van der Waals surface area contributed by atoms with Crippen molar-refractivity contribution in [1.29, 1.82) is 0 Å². The fourth-order valence-electron chi connectivity index (χ4n) is 6.28. The summed E-state index contributed by atoms with van der Waals surface area (Å²) in [6.07, 6.45) is 2.87. The van der Waals surface area contributed by atoms with Crippen LogP contribution in [0.2, 0.25) is 0 Å². The van der Waals surface area contributed by atoms with E-state index in [-0.39, 0.29) is 66.3 Å². The number of nitrogens with one attached hydrogen (secondary N) is 3. The molecule has 17 nitrogen and oxygen atoms in total. The Morgan fingerprint density at radius 3 is 1.61 bits per heavy atom. The first-order chi connectivity index (χ1) is 29.3. The summed E-state index contributed by atoms with van der Waals surface area (Å²) in [5, 5.41) is 17.9. The first-order valence-electron chi connectivity index (χ1n) is 18.8. The van der Waals surface area contributed by atoms with Crippen molar-refractivity contribution in [3.63, 3.8) is 0 Å². The van der Waals surface area contributed by atoms with E-state index in [4.69, 9.17) is 21.3 Å². The summed E-state index contributed by atoms with van der Waals surface area (Å²) in [4.78, 5) is 65.3. The first kappa shape index (κ1) is 43.4. The fourth-order valence-corrected chi connectivity index (χ4v) is 6.28. The predicted octanol–water partition coefficient (Wildman–Crippen LogP) is 3.04. The highest BCUT2D eigenvalue weighted by molar-refractivity contribution is 6.09. The Balaban J connectivity index is 0.000000182. The number of aliphatic carboxylic acids is 1. The van der Waals surface area contributed by atoms with Gasteiger partial charge in [-0.05, 0) is 48.5 Å². The van der Waals surface area contributed by atoms with Gasteiger partial charge in [0.1, 0.15) is 47.5 Å². The van der Waals surface area contributed by atoms with Crippen LogP contribution >= 0.6 is 0 Å². The molecule has 0 atom stereocenters. The number of benzene rings is 2. The van der Waals surface area contributed by atoms with Gasteiger partial charge in [-0.15, -0.1) is 0 Å². The van der Waals surface area contributed by atoms with Crippen molar-refractivity contribution in [2.45, 2.75) is 12.1 Å². The second-order valence-electron chi connectivity index (χ2n) is 13.9. The number of carbonyl (C=O) groups is 4. The van der Waals surface area contributed by atoms with Crippen LogP contribution in [0.1, 0.15) is 20.7 Å². The highest BCUT2D eigenvalue weighted by Gasteiger charge is 2.32. The zero-order valence-corrected chi connectivity index (χ0v) is 33.0. The Kier molecular flexibility index (Phi) is 14.0. The molecule has 19 heteroatoms. The molecule has 8 N–H and O–H groups in total. The van der Waals surface area contributed by atoms with Crippen LogP contribution < -0.4 is 27.4 Å². The molecule has 0 bridgehead atoms. The highest BCUT2D eigenvalue weighted by Crippen LogP contribution is 2.28. The Morgan fingerprint density at radius 1 is 0.738 bits per heavy atom. The molecule has 4 aromatic heterocycles. The van der Waals surface area contributed by atoms with E-state index >= 15 is 0 Å². The zero-order valence-electron chi connectivity index (χ0n) is 33.0. The molecule has 6 aromatic rings. The number of hydrogen-bond donors (Lipinski definition) is 6. The minimum absolute atomic E-state index is 0.0203. The van der Waals surface area contributed by atoms with Crippen molar-refractivity contribution in [3.05, 3.63) is 108 Å². The monoisotopic (exact) mass is 836 g/mol. The number of likely N-dealkylation sites (tertiary alicyclic amines) is 1. The van der Waals surface area contributed by atoms with Gasteiger partial charge in [0, 0.05) is 74.7 Å². The van der Waals surface area contributed by atoms with Crippen LogP contribution in [-0.2, 0) is 19.1 Å². The van der Waals surface area contributed by atoms with Crippen LogP contribution in [0.15, 0.2) is 85.2 Å². The maximum atomic E-state index is 13.5. The molecule has 316 valence electrons. The molecule has 6 heterocycles. The minimum Gasteiger partial charge on any atom is -0.480 e. The first-order valence-corrected chi connectivity index (χ1v) is 18.8. The number of carboxylic acids is 1. The Bertz CT molecular complexity index is 2590. The number of methoxy groups -OCH3 is 2. The quantitative estimate of drug-likeness (QED) is 0.116. The number of nitrogens with zero attached hydrogens (tertiary/aromatic N) is 5. The second kappa shape index (κ2) is 19.7. The Morgan fingerprint density at radius 2 is 1.21 bits per heavy atom. The van der Waals surface area contributed by atoms with Gasteiger partial charge in [-0.1, -0.05) is 24.3 Å². The number of ether oxygens (including phenoxy) is 2. The summed E-state index contributed by atoms with van der Waals surface area (Å²) in [6, 6.07) is 19.2. The van der Waals surface area contributed by atoms with Gasteiger partial charge < -0.3 is 46.9 Å². The molecule has 3 amide bonds. The van der Waals surface area contributed by atoms with E-state index in [1.165, 1.54) is 50.9 Å². The average Bonchev–Trinajstić information content (AvgIpc) is 3.21. The van der Waals surface area contributed by atoms with Gasteiger partial charge in [0.2, 0.25) is 5.91 Å². The van der Waals surface area contributed by atoms with E-state index in [9.17, 15) is 28.0 Å². The van der Waals surface area contributed by atoms with E-state index < -0.39 is 5.97 Å². The molecule has 2 aliphatic heterocycles. The number of carbonyl (C=O) groups excluding carboxylic acids is 3. The van der Waals surface area contributed by atoms with Crippen molar-refractivity contribution in [3.8, 4) is 22.5 Å². The topological polar surface area (TPSA) is 250 Å². The maximum absolute atomic E-state index is 13.5. The number of halogens is 2. The number of hydrogen-bond acceptors (Lipinski definition) is 13. The van der Waals surface area contributed by atoms with Crippen LogP contribution in [0.5, 0.6) is 0 Å². The lowest BCUT2D eigenvalue weighted by Gasteiger charge is -2.39. The summed E-state index contributed by atoms with van der Waals surface area (Å²) in [5.41, 5.74) is 15.8. The van der Waals surface area contributed by atoms with Gasteiger partial charge >= 0.3 is 5.97 Å². The lowest BCUT2D eigenvalue weighted by atomic mass is 10.1. The number of amides is 3. The van der Waals surface area contributed by atoms with Crippen LogP contribution in [0.4, 0.5) is 20.4 Å². The molecule has 0 radical (unpaired) electrons. The smallest absolute Gasteiger partial charge is 0.329 e. The molecule has 2 aliphatic rings. The molecular formula is C42H42F2N10O7. The predicted molar refractivity (Wildman–Crippen MR) is 222 cm³/mol. The van der Waals surface area contributed by atoms with Crippen LogP contribution in [-0.4, -0.2) is 119 Å². The van der Waals surface area contributed by atoms with E-state index in [1.807, 2.05) is 0 Å². The van der Waals surface area contributed by atoms with Crippen LogP contribution in [0, 0.1) is 11.6 Å². The molecular weight excluding hydrogens is 795 g/mol. The zero-order chi connectivity index (χ0) is 43.6. The number of nitrogens with two attached hydrogens (primary N) is 2. The molecule has 8 rings (SSSR count). The third-order valence-corrected chi connectivity index (χ3v) is 9.47. The molecule has 0 unspecified atom stereocenters.